The highest BCUT2D eigenvalue weighted by atomic mass is 32.2. The molecule has 1 N–H and O–H groups in total. The first-order chi connectivity index (χ1) is 16.0. The lowest BCUT2D eigenvalue weighted by Crippen LogP contribution is -2.45. The fourth-order valence-electron chi connectivity index (χ4n) is 4.97. The highest BCUT2D eigenvalue weighted by Crippen LogP contribution is 2.39. The summed E-state index contributed by atoms with van der Waals surface area (Å²) < 4.78 is 35.7. The maximum absolute atomic E-state index is 12.6. The summed E-state index contributed by atoms with van der Waals surface area (Å²) in [5.74, 6) is 1.20. The topological polar surface area (TPSA) is 76.5 Å². The van der Waals surface area contributed by atoms with Gasteiger partial charge in [0, 0.05) is 25.7 Å². The Morgan fingerprint density at radius 2 is 1.88 bits per heavy atom. The molecule has 0 saturated carbocycles. The van der Waals surface area contributed by atoms with Crippen molar-refractivity contribution in [2.24, 2.45) is 7.05 Å². The van der Waals surface area contributed by atoms with Gasteiger partial charge >= 0.3 is 0 Å². The molecule has 1 saturated heterocycles. The Bertz CT molecular complexity index is 1200. The molecule has 2 aliphatic heterocycles. The lowest BCUT2D eigenvalue weighted by atomic mass is 9.82. The zero-order chi connectivity index (χ0) is 22.8. The van der Waals surface area contributed by atoms with Crippen molar-refractivity contribution in [3.05, 3.63) is 77.6 Å². The number of benzene rings is 2. The SMILES string of the molecule is Cn1cc(S(=O)(=O)NCc2ccc3c(c2)[C@@H](Cc2ccccc2)[C@@H](N2CCCC2)CO3)cn1. The Morgan fingerprint density at radius 1 is 1.09 bits per heavy atom. The predicted octanol–water partition coefficient (Wildman–Crippen LogP) is 3.08. The van der Waals surface area contributed by atoms with E-state index < -0.39 is 10.0 Å². The number of ether oxygens (including phenoxy) is 1. The molecule has 0 aliphatic carbocycles. The lowest BCUT2D eigenvalue weighted by molar-refractivity contribution is 0.116. The predicted molar refractivity (Wildman–Crippen MR) is 127 cm³/mol. The fourth-order valence-corrected chi connectivity index (χ4v) is 5.97. The van der Waals surface area contributed by atoms with Gasteiger partial charge in [0.2, 0.25) is 10.0 Å². The average molecular weight is 467 g/mol. The van der Waals surface area contributed by atoms with Gasteiger partial charge in [0.1, 0.15) is 17.3 Å². The first kappa shape index (κ1) is 22.1. The van der Waals surface area contributed by atoms with Gasteiger partial charge in [0.25, 0.3) is 0 Å². The highest BCUT2D eigenvalue weighted by molar-refractivity contribution is 7.89. The summed E-state index contributed by atoms with van der Waals surface area (Å²) >= 11 is 0. The number of rotatable bonds is 7. The fraction of sp³-hybridized carbons (Fsp3) is 0.400. The Morgan fingerprint density at radius 3 is 2.61 bits per heavy atom. The smallest absolute Gasteiger partial charge is 0.243 e. The molecule has 2 atom stereocenters. The summed E-state index contributed by atoms with van der Waals surface area (Å²) in [4.78, 5) is 2.73. The highest BCUT2D eigenvalue weighted by Gasteiger charge is 2.36. The van der Waals surface area contributed by atoms with Crippen LogP contribution in [0.1, 0.15) is 35.4 Å². The third kappa shape index (κ3) is 4.83. The van der Waals surface area contributed by atoms with Gasteiger partial charge in [0.15, 0.2) is 0 Å². The van der Waals surface area contributed by atoms with Crippen LogP contribution in [0.5, 0.6) is 5.75 Å². The molecule has 2 aliphatic rings. The molecule has 174 valence electrons. The Hall–Kier alpha value is -2.68. The second kappa shape index (κ2) is 9.29. The number of hydrogen-bond acceptors (Lipinski definition) is 5. The minimum atomic E-state index is -3.62. The molecule has 0 amide bonds. The molecule has 1 fully saturated rings. The van der Waals surface area contributed by atoms with Crippen molar-refractivity contribution in [3.63, 3.8) is 0 Å². The van der Waals surface area contributed by atoms with Gasteiger partial charge < -0.3 is 4.74 Å². The second-order valence-electron chi connectivity index (χ2n) is 8.96. The van der Waals surface area contributed by atoms with Crippen LogP contribution in [0.15, 0.2) is 65.8 Å². The molecule has 5 rings (SSSR count). The van der Waals surface area contributed by atoms with E-state index in [1.165, 1.54) is 41.0 Å². The zero-order valence-corrected chi connectivity index (χ0v) is 19.7. The number of aromatic nitrogens is 2. The van der Waals surface area contributed by atoms with E-state index in [1.54, 1.807) is 7.05 Å². The third-order valence-corrected chi connectivity index (χ3v) is 8.07. The van der Waals surface area contributed by atoms with Gasteiger partial charge in [-0.25, -0.2) is 13.1 Å². The van der Waals surface area contributed by atoms with Crippen molar-refractivity contribution in [1.29, 1.82) is 0 Å². The molecule has 0 spiro atoms. The number of likely N-dealkylation sites (tertiary alicyclic amines) is 1. The van der Waals surface area contributed by atoms with Crippen molar-refractivity contribution in [2.75, 3.05) is 19.7 Å². The van der Waals surface area contributed by atoms with Crippen molar-refractivity contribution >= 4 is 10.0 Å². The van der Waals surface area contributed by atoms with E-state index in [-0.39, 0.29) is 11.4 Å². The summed E-state index contributed by atoms with van der Waals surface area (Å²) in [7, 11) is -1.92. The molecular weight excluding hydrogens is 436 g/mol. The Balaban J connectivity index is 1.41. The number of sulfonamides is 1. The minimum Gasteiger partial charge on any atom is -0.492 e. The quantitative estimate of drug-likeness (QED) is 0.579. The molecule has 0 unspecified atom stereocenters. The van der Waals surface area contributed by atoms with E-state index in [0.29, 0.717) is 18.6 Å². The van der Waals surface area contributed by atoms with Gasteiger partial charge in [-0.1, -0.05) is 42.5 Å². The minimum absolute atomic E-state index is 0.169. The van der Waals surface area contributed by atoms with Gasteiger partial charge in [-0.15, -0.1) is 0 Å². The third-order valence-electron chi connectivity index (χ3n) is 6.71. The molecule has 8 heteroatoms. The largest absolute Gasteiger partial charge is 0.492 e. The van der Waals surface area contributed by atoms with Crippen LogP contribution in [-0.2, 0) is 30.0 Å². The van der Waals surface area contributed by atoms with Crippen molar-refractivity contribution in [1.82, 2.24) is 19.4 Å². The Kier molecular flexibility index (Phi) is 6.23. The summed E-state index contributed by atoms with van der Waals surface area (Å²) in [6, 6.07) is 17.0. The van der Waals surface area contributed by atoms with Gasteiger partial charge in [-0.3, -0.25) is 9.58 Å². The summed E-state index contributed by atoms with van der Waals surface area (Å²) in [6.45, 7) is 3.13. The maximum Gasteiger partial charge on any atom is 0.243 e. The molecule has 3 aromatic rings. The van der Waals surface area contributed by atoms with Crippen molar-refractivity contribution in [2.45, 2.75) is 42.7 Å². The van der Waals surface area contributed by atoms with E-state index in [0.717, 1.165) is 30.8 Å². The number of hydrogen-bond donors (Lipinski definition) is 1. The first-order valence-corrected chi connectivity index (χ1v) is 13.0. The normalized spacial score (nSPS) is 21.0. The molecule has 7 nitrogen and oxygen atoms in total. The van der Waals surface area contributed by atoms with Crippen LogP contribution in [0.2, 0.25) is 0 Å². The van der Waals surface area contributed by atoms with Crippen LogP contribution in [0.25, 0.3) is 0 Å². The van der Waals surface area contributed by atoms with Crippen LogP contribution < -0.4 is 9.46 Å². The van der Waals surface area contributed by atoms with Crippen LogP contribution in [0, 0.1) is 0 Å². The first-order valence-electron chi connectivity index (χ1n) is 11.5. The van der Waals surface area contributed by atoms with Crippen LogP contribution in [0.3, 0.4) is 0 Å². The maximum atomic E-state index is 12.6. The second-order valence-corrected chi connectivity index (χ2v) is 10.7. The molecule has 33 heavy (non-hydrogen) atoms. The van der Waals surface area contributed by atoms with E-state index in [2.05, 4.69) is 45.1 Å². The van der Waals surface area contributed by atoms with E-state index in [9.17, 15) is 8.42 Å². The molecule has 2 aromatic carbocycles. The van der Waals surface area contributed by atoms with Crippen LogP contribution in [-0.4, -0.2) is 48.8 Å². The Labute approximate surface area is 195 Å². The standard InChI is InChI=1S/C25H30N4O3S/c1-28-17-21(16-26-28)33(30,31)27-15-20-9-10-25-23(14-20)22(13-19-7-3-2-4-8-19)24(18-32-25)29-11-5-6-12-29/h2-4,7-10,14,16-17,22,24,27H,5-6,11-13,15,18H2,1H3/t22-,24+/m1/s1. The van der Waals surface area contributed by atoms with Crippen molar-refractivity contribution < 1.29 is 13.2 Å². The van der Waals surface area contributed by atoms with Gasteiger partial charge in [-0.2, -0.15) is 5.10 Å². The molecule has 1 aromatic heterocycles. The van der Waals surface area contributed by atoms with Gasteiger partial charge in [-0.05, 0) is 55.1 Å². The summed E-state index contributed by atoms with van der Waals surface area (Å²) in [6.07, 6.45) is 6.26. The molecule has 0 radical (unpaired) electrons. The molecule has 3 heterocycles. The van der Waals surface area contributed by atoms with Crippen molar-refractivity contribution in [3.8, 4) is 5.75 Å². The number of fused-ring (bicyclic) bond motifs is 1. The molecule has 0 bridgehead atoms. The van der Waals surface area contributed by atoms with E-state index >= 15 is 0 Å². The monoisotopic (exact) mass is 466 g/mol. The van der Waals surface area contributed by atoms with E-state index in [1.807, 2.05) is 18.2 Å². The zero-order valence-electron chi connectivity index (χ0n) is 18.9. The number of aryl methyl sites for hydroxylation is 1. The lowest BCUT2D eigenvalue weighted by Gasteiger charge is -2.39. The average Bonchev–Trinajstić information content (AvgIpc) is 3.51. The summed E-state index contributed by atoms with van der Waals surface area (Å²) in [5, 5.41) is 3.97. The van der Waals surface area contributed by atoms with Gasteiger partial charge in [0.05, 0.1) is 12.2 Å². The van der Waals surface area contributed by atoms with Crippen LogP contribution in [0.4, 0.5) is 0 Å². The van der Waals surface area contributed by atoms with Crippen LogP contribution >= 0.6 is 0 Å². The summed E-state index contributed by atoms with van der Waals surface area (Å²) in [5.41, 5.74) is 3.40. The van der Waals surface area contributed by atoms with E-state index in [4.69, 9.17) is 4.74 Å². The molecular formula is C25H30N4O3S. The number of nitrogens with one attached hydrogen (secondary N) is 1. The number of nitrogens with zero attached hydrogens (tertiary/aromatic N) is 3.